The first-order valence-corrected chi connectivity index (χ1v) is 8.12. The molecule has 2 aliphatic rings. The fourth-order valence-electron chi connectivity index (χ4n) is 3.54. The number of hydrogen-bond donors (Lipinski definition) is 3. The van der Waals surface area contributed by atoms with Crippen molar-refractivity contribution in [2.75, 3.05) is 38.7 Å². The smallest absolute Gasteiger partial charge is 0.251 e. The van der Waals surface area contributed by atoms with Crippen molar-refractivity contribution in [3.8, 4) is 0 Å². The number of methoxy groups -OCH3 is 1. The van der Waals surface area contributed by atoms with Crippen LogP contribution in [0.25, 0.3) is 0 Å². The average Bonchev–Trinajstić information content (AvgIpc) is 3.01. The van der Waals surface area contributed by atoms with Crippen LogP contribution in [0.15, 0.2) is 18.2 Å². The van der Waals surface area contributed by atoms with Crippen LogP contribution in [0, 0.1) is 0 Å². The third kappa shape index (κ3) is 4.54. The van der Waals surface area contributed by atoms with Gasteiger partial charge in [-0.25, -0.2) is 0 Å². The minimum Gasteiger partial charge on any atom is -0.385 e. The van der Waals surface area contributed by atoms with Crippen molar-refractivity contribution >= 4 is 36.4 Å². The molecule has 2 aliphatic heterocycles. The van der Waals surface area contributed by atoms with Crippen LogP contribution in [-0.2, 0) is 11.2 Å². The van der Waals surface area contributed by atoms with Gasteiger partial charge in [0, 0.05) is 31.5 Å². The van der Waals surface area contributed by atoms with E-state index in [4.69, 9.17) is 4.74 Å². The molecular weight excluding hydrogens is 349 g/mol. The Morgan fingerprint density at radius 3 is 2.83 bits per heavy atom. The highest BCUT2D eigenvalue weighted by atomic mass is 35.5. The van der Waals surface area contributed by atoms with Gasteiger partial charge in [-0.05, 0) is 49.9 Å². The Morgan fingerprint density at radius 2 is 2.12 bits per heavy atom. The number of nitrogens with one attached hydrogen (secondary N) is 3. The third-order valence-corrected chi connectivity index (χ3v) is 4.68. The Kier molecular flexibility index (Phi) is 8.30. The molecule has 2 heterocycles. The molecule has 1 aromatic carbocycles. The Hall–Kier alpha value is -1.01. The summed E-state index contributed by atoms with van der Waals surface area (Å²) in [6.07, 6.45) is 4.21. The van der Waals surface area contributed by atoms with Crippen molar-refractivity contribution in [3.63, 3.8) is 0 Å². The van der Waals surface area contributed by atoms with E-state index in [1.807, 2.05) is 12.1 Å². The summed E-state index contributed by atoms with van der Waals surface area (Å²) in [7, 11) is 1.71. The zero-order valence-electron chi connectivity index (χ0n) is 14.0. The van der Waals surface area contributed by atoms with Crippen molar-refractivity contribution in [2.24, 2.45) is 0 Å². The highest BCUT2D eigenvalue weighted by Gasteiger charge is 2.34. The molecule has 1 amide bonds. The number of fused-ring (bicyclic) bond motifs is 1. The lowest BCUT2D eigenvalue weighted by Gasteiger charge is -2.29. The maximum atomic E-state index is 12.6. The topological polar surface area (TPSA) is 62.4 Å². The van der Waals surface area contributed by atoms with Crippen LogP contribution in [0.2, 0.25) is 0 Å². The van der Waals surface area contributed by atoms with E-state index in [1.165, 1.54) is 0 Å². The Labute approximate surface area is 156 Å². The molecule has 0 saturated carbocycles. The normalized spacial score (nSPS) is 21.7. The largest absolute Gasteiger partial charge is 0.385 e. The molecule has 24 heavy (non-hydrogen) atoms. The minimum atomic E-state index is -0.114. The second kappa shape index (κ2) is 9.47. The van der Waals surface area contributed by atoms with Crippen LogP contribution in [0.3, 0.4) is 0 Å². The Bertz CT molecular complexity index is 549. The van der Waals surface area contributed by atoms with Gasteiger partial charge in [0.05, 0.1) is 12.1 Å². The first-order chi connectivity index (χ1) is 10.7. The van der Waals surface area contributed by atoms with Crippen molar-refractivity contribution in [3.05, 3.63) is 29.3 Å². The fraction of sp³-hybridized carbons (Fsp3) is 0.588. The highest BCUT2D eigenvalue weighted by Crippen LogP contribution is 2.25. The summed E-state index contributed by atoms with van der Waals surface area (Å²) in [5.41, 5.74) is 2.93. The molecule has 1 aromatic rings. The van der Waals surface area contributed by atoms with Gasteiger partial charge in [0.25, 0.3) is 5.91 Å². The molecule has 0 aromatic heterocycles. The van der Waals surface area contributed by atoms with Gasteiger partial charge >= 0.3 is 0 Å². The van der Waals surface area contributed by atoms with Crippen molar-refractivity contribution in [1.29, 1.82) is 0 Å². The first-order valence-electron chi connectivity index (χ1n) is 8.12. The van der Waals surface area contributed by atoms with Crippen LogP contribution in [0.1, 0.15) is 35.2 Å². The van der Waals surface area contributed by atoms with E-state index in [-0.39, 0.29) is 36.3 Å². The van der Waals surface area contributed by atoms with E-state index in [0.29, 0.717) is 13.2 Å². The molecule has 1 saturated heterocycles. The molecule has 3 rings (SSSR count). The van der Waals surface area contributed by atoms with E-state index >= 15 is 0 Å². The number of carbonyl (C=O) groups excluding carboxylic acids is 1. The molecule has 0 bridgehead atoms. The van der Waals surface area contributed by atoms with E-state index in [1.54, 1.807) is 7.11 Å². The van der Waals surface area contributed by atoms with Gasteiger partial charge in [-0.1, -0.05) is 6.07 Å². The van der Waals surface area contributed by atoms with Crippen molar-refractivity contribution in [1.82, 2.24) is 10.6 Å². The first kappa shape index (κ1) is 21.0. The summed E-state index contributed by atoms with van der Waals surface area (Å²) in [5, 5.41) is 9.97. The zero-order valence-corrected chi connectivity index (χ0v) is 15.7. The SMILES string of the molecule is COCC1(CNC(=O)c2cccc3c2CCCN3)CCCN1.Cl.Cl. The molecular formula is C17H27Cl2N3O2. The van der Waals surface area contributed by atoms with Crippen LogP contribution in [0.5, 0.6) is 0 Å². The van der Waals surface area contributed by atoms with Gasteiger partial charge in [-0.2, -0.15) is 0 Å². The highest BCUT2D eigenvalue weighted by molar-refractivity contribution is 5.97. The number of carbonyl (C=O) groups is 1. The molecule has 3 N–H and O–H groups in total. The quantitative estimate of drug-likeness (QED) is 0.739. The number of amides is 1. The molecule has 1 fully saturated rings. The predicted octanol–water partition coefficient (Wildman–Crippen LogP) is 2.39. The zero-order chi connectivity index (χ0) is 15.4. The lowest BCUT2D eigenvalue weighted by atomic mass is 9.96. The van der Waals surface area contributed by atoms with Crippen LogP contribution < -0.4 is 16.0 Å². The third-order valence-electron chi connectivity index (χ3n) is 4.68. The van der Waals surface area contributed by atoms with Gasteiger partial charge in [0.1, 0.15) is 0 Å². The van der Waals surface area contributed by atoms with Gasteiger partial charge in [0.15, 0.2) is 0 Å². The Morgan fingerprint density at radius 1 is 1.29 bits per heavy atom. The number of anilines is 1. The standard InChI is InChI=1S/C17H25N3O2.2ClH/c1-22-12-17(8-4-10-20-17)11-19-16(21)14-5-2-7-15-13(14)6-3-9-18-15;;/h2,5,7,18,20H,3-4,6,8-12H2,1H3,(H,19,21);2*1H. The Balaban J connectivity index is 0.00000144. The number of hydrogen-bond acceptors (Lipinski definition) is 4. The number of ether oxygens (including phenoxy) is 1. The molecule has 0 spiro atoms. The second-order valence-electron chi connectivity index (χ2n) is 6.29. The number of rotatable bonds is 5. The van der Waals surface area contributed by atoms with Crippen LogP contribution in [-0.4, -0.2) is 44.8 Å². The summed E-state index contributed by atoms with van der Waals surface area (Å²) < 4.78 is 5.33. The minimum absolute atomic E-state index is 0. The van der Waals surface area contributed by atoms with E-state index in [2.05, 4.69) is 22.0 Å². The molecule has 5 nitrogen and oxygen atoms in total. The molecule has 7 heteroatoms. The van der Waals surface area contributed by atoms with E-state index in [9.17, 15) is 4.79 Å². The summed E-state index contributed by atoms with van der Waals surface area (Å²) in [5.74, 6) is 0.0183. The fourth-order valence-corrected chi connectivity index (χ4v) is 3.54. The lowest BCUT2D eigenvalue weighted by molar-refractivity contribution is 0.0891. The summed E-state index contributed by atoms with van der Waals surface area (Å²) in [4.78, 5) is 12.6. The van der Waals surface area contributed by atoms with Gasteiger partial charge in [0.2, 0.25) is 0 Å². The van der Waals surface area contributed by atoms with Crippen molar-refractivity contribution < 1.29 is 9.53 Å². The summed E-state index contributed by atoms with van der Waals surface area (Å²) in [6, 6.07) is 5.92. The van der Waals surface area contributed by atoms with Crippen LogP contribution >= 0.6 is 24.8 Å². The monoisotopic (exact) mass is 375 g/mol. The van der Waals surface area contributed by atoms with Crippen molar-refractivity contribution in [2.45, 2.75) is 31.2 Å². The molecule has 0 radical (unpaired) electrons. The van der Waals surface area contributed by atoms with E-state index < -0.39 is 0 Å². The maximum Gasteiger partial charge on any atom is 0.251 e. The second-order valence-corrected chi connectivity index (χ2v) is 6.29. The van der Waals surface area contributed by atoms with Gasteiger partial charge in [-0.15, -0.1) is 24.8 Å². The lowest BCUT2D eigenvalue weighted by Crippen LogP contribution is -2.53. The predicted molar refractivity (Wildman–Crippen MR) is 102 cm³/mol. The number of halogens is 2. The number of benzene rings is 1. The summed E-state index contributed by atoms with van der Waals surface area (Å²) in [6.45, 7) is 3.21. The molecule has 1 atom stereocenters. The van der Waals surface area contributed by atoms with Gasteiger partial charge in [-0.3, -0.25) is 4.79 Å². The van der Waals surface area contributed by atoms with E-state index in [0.717, 1.165) is 55.6 Å². The van der Waals surface area contributed by atoms with Crippen LogP contribution in [0.4, 0.5) is 5.69 Å². The molecule has 1 unspecified atom stereocenters. The molecule has 136 valence electrons. The average molecular weight is 376 g/mol. The summed E-state index contributed by atoms with van der Waals surface area (Å²) >= 11 is 0. The van der Waals surface area contributed by atoms with Gasteiger partial charge < -0.3 is 20.7 Å². The maximum absolute atomic E-state index is 12.6. The molecule has 0 aliphatic carbocycles.